The van der Waals surface area contributed by atoms with E-state index in [1.165, 1.54) is 16.5 Å². The summed E-state index contributed by atoms with van der Waals surface area (Å²) in [7, 11) is -3.60. The average molecular weight is 359 g/mol. The first-order chi connectivity index (χ1) is 11.9. The van der Waals surface area contributed by atoms with E-state index in [1.807, 2.05) is 0 Å². The minimum Gasteiger partial charge on any atom is -0.360 e. The van der Waals surface area contributed by atoms with Crippen LogP contribution in [0.15, 0.2) is 27.6 Å². The average Bonchev–Trinajstić information content (AvgIpc) is 2.98. The van der Waals surface area contributed by atoms with E-state index in [0.29, 0.717) is 37.4 Å². The molecule has 0 spiro atoms. The number of nitrogens with one attached hydrogen (secondary N) is 1. The lowest BCUT2D eigenvalue weighted by Crippen LogP contribution is -2.34. The number of nitrogens with zero attached hydrogens (tertiary/aromatic N) is 2. The number of rotatable bonds is 2. The molecule has 1 aromatic carbocycles. The van der Waals surface area contributed by atoms with E-state index in [1.54, 1.807) is 18.2 Å². The molecule has 0 radical (unpaired) electrons. The molecule has 1 N–H and O–H groups in total. The molecule has 3 heterocycles. The van der Waals surface area contributed by atoms with Gasteiger partial charge in [-0.25, -0.2) is 8.42 Å². The van der Waals surface area contributed by atoms with Gasteiger partial charge >= 0.3 is 0 Å². The minimum absolute atomic E-state index is 0.207. The van der Waals surface area contributed by atoms with Crippen molar-refractivity contribution in [2.24, 2.45) is 0 Å². The molecule has 0 fully saturated rings. The van der Waals surface area contributed by atoms with Gasteiger partial charge in [0.25, 0.3) is 0 Å². The Hall–Kier alpha value is -2.12. The summed E-state index contributed by atoms with van der Waals surface area (Å²) in [5.41, 5.74) is 5.12. The maximum absolute atomic E-state index is 13.0. The number of aromatic amines is 1. The van der Waals surface area contributed by atoms with E-state index >= 15 is 0 Å². The topological polar surface area (TPSA) is 79.2 Å². The molecule has 0 amide bonds. The van der Waals surface area contributed by atoms with Crippen molar-refractivity contribution in [2.45, 2.75) is 38.5 Å². The Bertz CT molecular complexity index is 1040. The molecule has 0 saturated heterocycles. The highest BCUT2D eigenvalue weighted by Gasteiger charge is 2.32. The van der Waals surface area contributed by atoms with E-state index in [-0.39, 0.29) is 4.90 Å². The smallest absolute Gasteiger partial charge is 0.248 e. The van der Waals surface area contributed by atoms with Crippen LogP contribution in [-0.4, -0.2) is 36.0 Å². The Morgan fingerprint density at radius 3 is 2.64 bits per heavy atom. The highest BCUT2D eigenvalue weighted by atomic mass is 32.2. The van der Waals surface area contributed by atoms with Gasteiger partial charge in [-0.2, -0.15) is 4.31 Å². The van der Waals surface area contributed by atoms with Crippen molar-refractivity contribution in [3.63, 3.8) is 0 Å². The summed E-state index contributed by atoms with van der Waals surface area (Å²) in [4.78, 5) is 3.67. The Morgan fingerprint density at radius 2 is 1.92 bits per heavy atom. The third-order valence-corrected chi connectivity index (χ3v) is 7.08. The van der Waals surface area contributed by atoms with Crippen LogP contribution in [-0.2, 0) is 22.9 Å². The van der Waals surface area contributed by atoms with Crippen molar-refractivity contribution in [3.05, 3.63) is 46.5 Å². The van der Waals surface area contributed by atoms with E-state index in [2.05, 4.69) is 35.3 Å². The zero-order chi connectivity index (χ0) is 17.8. The standard InChI is InChI=1S/C18H21N3O3S/c1-11-4-5-16-15(10-11)14-6-8-21(9-7-17(14)19-16)25(22,23)18-12(2)20-24-13(18)3/h4-5,10,19H,6-9H2,1-3H3. The van der Waals surface area contributed by atoms with E-state index in [9.17, 15) is 8.42 Å². The zero-order valence-electron chi connectivity index (χ0n) is 14.6. The number of hydrogen-bond acceptors (Lipinski definition) is 4. The molecule has 1 aliphatic rings. The summed E-state index contributed by atoms with van der Waals surface area (Å²) >= 11 is 0. The zero-order valence-corrected chi connectivity index (χ0v) is 15.4. The Balaban J connectivity index is 1.69. The van der Waals surface area contributed by atoms with Crippen molar-refractivity contribution in [1.29, 1.82) is 0 Å². The van der Waals surface area contributed by atoms with Gasteiger partial charge in [0.15, 0.2) is 5.76 Å². The van der Waals surface area contributed by atoms with Crippen molar-refractivity contribution < 1.29 is 12.9 Å². The van der Waals surface area contributed by atoms with Gasteiger partial charge in [0.2, 0.25) is 10.0 Å². The summed E-state index contributed by atoms with van der Waals surface area (Å²) in [6, 6.07) is 6.35. The molecule has 7 heteroatoms. The predicted octanol–water partition coefficient (Wildman–Crippen LogP) is 2.87. The number of hydrogen-bond donors (Lipinski definition) is 1. The van der Waals surface area contributed by atoms with Gasteiger partial charge in [-0.15, -0.1) is 0 Å². The van der Waals surface area contributed by atoms with Crippen LogP contribution in [0.3, 0.4) is 0 Å². The van der Waals surface area contributed by atoms with Crippen LogP contribution in [0.5, 0.6) is 0 Å². The molecule has 25 heavy (non-hydrogen) atoms. The lowest BCUT2D eigenvalue weighted by Gasteiger charge is -2.19. The van der Waals surface area contributed by atoms with Crippen LogP contribution in [0, 0.1) is 20.8 Å². The summed E-state index contributed by atoms with van der Waals surface area (Å²) in [5.74, 6) is 0.348. The first-order valence-electron chi connectivity index (χ1n) is 8.41. The highest BCUT2D eigenvalue weighted by molar-refractivity contribution is 7.89. The maximum Gasteiger partial charge on any atom is 0.248 e. The Morgan fingerprint density at radius 1 is 1.16 bits per heavy atom. The van der Waals surface area contributed by atoms with E-state index in [4.69, 9.17) is 4.52 Å². The van der Waals surface area contributed by atoms with Crippen molar-refractivity contribution in [2.75, 3.05) is 13.1 Å². The fourth-order valence-electron chi connectivity index (χ4n) is 3.71. The minimum atomic E-state index is -3.60. The van der Waals surface area contributed by atoms with Gasteiger partial charge in [0, 0.05) is 36.1 Å². The lowest BCUT2D eigenvalue weighted by molar-refractivity contribution is 0.388. The number of H-pyrrole nitrogens is 1. The van der Waals surface area contributed by atoms with Crippen LogP contribution in [0.2, 0.25) is 0 Å². The van der Waals surface area contributed by atoms with Gasteiger partial charge < -0.3 is 9.51 Å². The second kappa shape index (κ2) is 5.71. The first-order valence-corrected chi connectivity index (χ1v) is 9.85. The van der Waals surface area contributed by atoms with Crippen molar-refractivity contribution >= 4 is 20.9 Å². The Kier molecular flexibility index (Phi) is 3.73. The first kappa shape index (κ1) is 16.4. The summed E-state index contributed by atoms with van der Waals surface area (Å²) < 4.78 is 32.7. The molecule has 0 atom stereocenters. The quantitative estimate of drug-likeness (QED) is 0.763. The van der Waals surface area contributed by atoms with Gasteiger partial charge in [-0.05, 0) is 44.9 Å². The largest absolute Gasteiger partial charge is 0.360 e. The molecule has 132 valence electrons. The number of aryl methyl sites for hydroxylation is 3. The summed E-state index contributed by atoms with van der Waals surface area (Å²) in [6.45, 7) is 6.29. The number of benzene rings is 1. The number of fused-ring (bicyclic) bond motifs is 3. The highest BCUT2D eigenvalue weighted by Crippen LogP contribution is 2.29. The van der Waals surface area contributed by atoms with Crippen LogP contribution >= 0.6 is 0 Å². The number of sulfonamides is 1. The van der Waals surface area contributed by atoms with Crippen LogP contribution in [0.25, 0.3) is 10.9 Å². The molecular weight excluding hydrogens is 338 g/mol. The Labute approximate surface area is 146 Å². The van der Waals surface area contributed by atoms with Gasteiger partial charge in [-0.1, -0.05) is 16.8 Å². The molecule has 0 saturated carbocycles. The van der Waals surface area contributed by atoms with Crippen LogP contribution < -0.4 is 0 Å². The summed E-state index contributed by atoms with van der Waals surface area (Å²) in [5, 5.41) is 4.99. The monoisotopic (exact) mass is 359 g/mol. The molecular formula is C18H21N3O3S. The van der Waals surface area contributed by atoms with E-state index < -0.39 is 10.0 Å². The third-order valence-electron chi connectivity index (χ3n) is 4.94. The van der Waals surface area contributed by atoms with Gasteiger partial charge in [-0.3, -0.25) is 0 Å². The van der Waals surface area contributed by atoms with Gasteiger partial charge in [0.05, 0.1) is 0 Å². The molecule has 2 aromatic heterocycles. The third kappa shape index (κ3) is 2.58. The van der Waals surface area contributed by atoms with Crippen molar-refractivity contribution in [1.82, 2.24) is 14.4 Å². The predicted molar refractivity (Wildman–Crippen MR) is 95.2 cm³/mol. The molecule has 4 rings (SSSR count). The molecule has 0 bridgehead atoms. The van der Waals surface area contributed by atoms with Crippen molar-refractivity contribution in [3.8, 4) is 0 Å². The second-order valence-electron chi connectivity index (χ2n) is 6.69. The molecule has 0 aliphatic carbocycles. The molecule has 0 unspecified atom stereocenters. The molecule has 6 nitrogen and oxygen atoms in total. The number of aromatic nitrogens is 2. The SMILES string of the molecule is Cc1ccc2[nH]c3c(c2c1)CCN(S(=O)(=O)c1c(C)noc1C)CC3. The molecule has 1 aliphatic heterocycles. The lowest BCUT2D eigenvalue weighted by atomic mass is 10.1. The fraction of sp³-hybridized carbons (Fsp3) is 0.389. The maximum atomic E-state index is 13.0. The summed E-state index contributed by atoms with van der Waals surface area (Å²) in [6.07, 6.45) is 1.37. The second-order valence-corrected chi connectivity index (χ2v) is 8.56. The normalized spacial score (nSPS) is 16.1. The fourth-order valence-corrected chi connectivity index (χ4v) is 5.45. The van der Waals surface area contributed by atoms with E-state index in [0.717, 1.165) is 11.2 Å². The van der Waals surface area contributed by atoms with Crippen LogP contribution in [0.4, 0.5) is 0 Å². The van der Waals surface area contributed by atoms with Crippen LogP contribution in [0.1, 0.15) is 28.3 Å². The molecule has 3 aromatic rings. The van der Waals surface area contributed by atoms with Gasteiger partial charge in [0.1, 0.15) is 10.6 Å².